The van der Waals surface area contributed by atoms with Crippen LogP contribution in [0.4, 0.5) is 17.2 Å². The number of amides is 2. The molecule has 0 bridgehead atoms. The summed E-state index contributed by atoms with van der Waals surface area (Å²) in [6, 6.07) is 15.4. The van der Waals surface area contributed by atoms with Gasteiger partial charge in [-0.25, -0.2) is 4.68 Å². The van der Waals surface area contributed by atoms with Gasteiger partial charge < -0.3 is 25.4 Å². The summed E-state index contributed by atoms with van der Waals surface area (Å²) in [7, 11) is 0. The Morgan fingerprint density at radius 1 is 0.898 bits per heavy atom. The lowest BCUT2D eigenvalue weighted by molar-refractivity contribution is -0.134. The number of fused-ring (bicyclic) bond motifs is 1. The number of nitrogen functional groups attached to an aromatic ring is 1. The molecule has 0 radical (unpaired) electrons. The van der Waals surface area contributed by atoms with Crippen molar-refractivity contribution in [3.63, 3.8) is 0 Å². The van der Waals surface area contributed by atoms with Crippen molar-refractivity contribution in [2.75, 3.05) is 54.9 Å². The highest BCUT2D eigenvalue weighted by atomic mass is 16.5. The van der Waals surface area contributed by atoms with E-state index in [4.69, 9.17) is 10.5 Å². The lowest BCUT2D eigenvalue weighted by atomic mass is 9.80. The number of phenolic OH excluding ortho intramolecular Hbond substituents is 1. The van der Waals surface area contributed by atoms with E-state index in [1.54, 1.807) is 28.9 Å². The molecule has 4 aliphatic rings. The number of carbonyl (C=O) groups is 2. The van der Waals surface area contributed by atoms with Crippen molar-refractivity contribution in [1.29, 1.82) is 0 Å². The van der Waals surface area contributed by atoms with Gasteiger partial charge in [0.2, 0.25) is 11.8 Å². The standard InChI is InChI=1S/C36H41N9O4/c37-35-31(20-28(40-41-35)27-4-1-2-7-32(27)46)45-22-25(21-38-45)43-16-14-42(15-17-43)24-10-8-23(9-11-24)26-5-3-6-29-34(26)49-19-18-44(29)30-12-13-33(47)39-36(30)48/h1-7,20-24,30,46H,8-19H2,(H2,37,41)(H,39,47,48)/t23?,24?,30-/m0/s1. The van der Waals surface area contributed by atoms with E-state index in [1.807, 2.05) is 24.5 Å². The molecule has 5 heterocycles. The largest absolute Gasteiger partial charge is 0.507 e. The molecule has 8 rings (SSSR count). The Balaban J connectivity index is 0.884. The monoisotopic (exact) mass is 663 g/mol. The van der Waals surface area contributed by atoms with Crippen molar-refractivity contribution >= 4 is 29.0 Å². The van der Waals surface area contributed by atoms with Crippen LogP contribution in [0.3, 0.4) is 0 Å². The zero-order valence-corrected chi connectivity index (χ0v) is 27.4. The summed E-state index contributed by atoms with van der Waals surface area (Å²) in [5.74, 6) is 1.33. The fourth-order valence-electron chi connectivity index (χ4n) is 8.02. The number of phenols is 1. The number of benzene rings is 2. The van der Waals surface area contributed by atoms with Crippen LogP contribution < -0.4 is 25.6 Å². The maximum atomic E-state index is 12.7. The first-order chi connectivity index (χ1) is 23.9. The Hall–Kier alpha value is -5.17. The van der Waals surface area contributed by atoms with Gasteiger partial charge in [0.05, 0.1) is 36.0 Å². The van der Waals surface area contributed by atoms with E-state index in [2.05, 4.69) is 47.4 Å². The molecular weight excluding hydrogens is 622 g/mol. The minimum absolute atomic E-state index is 0.131. The predicted molar refractivity (Wildman–Crippen MR) is 185 cm³/mol. The normalized spacial score (nSPS) is 23.1. The first-order valence-electron chi connectivity index (χ1n) is 17.2. The maximum Gasteiger partial charge on any atom is 0.249 e. The number of piperazine rings is 1. The number of para-hydroxylation sites is 2. The molecule has 49 heavy (non-hydrogen) atoms. The highest BCUT2D eigenvalue weighted by molar-refractivity contribution is 6.02. The molecule has 13 heteroatoms. The molecule has 2 aromatic carbocycles. The molecule has 4 aromatic rings. The number of piperidine rings is 1. The number of hydrogen-bond donors (Lipinski definition) is 3. The van der Waals surface area contributed by atoms with Gasteiger partial charge in [0.15, 0.2) is 5.82 Å². The molecule has 0 unspecified atom stereocenters. The van der Waals surface area contributed by atoms with Gasteiger partial charge in [-0.1, -0.05) is 24.3 Å². The fraction of sp³-hybridized carbons (Fsp3) is 0.417. The minimum Gasteiger partial charge on any atom is -0.507 e. The molecule has 1 saturated carbocycles. The number of nitrogens with one attached hydrogen (secondary N) is 1. The molecule has 0 spiro atoms. The van der Waals surface area contributed by atoms with Crippen molar-refractivity contribution in [3.05, 3.63) is 66.5 Å². The van der Waals surface area contributed by atoms with Crippen LogP contribution in [-0.4, -0.2) is 93.2 Å². The van der Waals surface area contributed by atoms with E-state index in [9.17, 15) is 14.7 Å². The second kappa shape index (κ2) is 13.0. The number of nitrogens with zero attached hydrogens (tertiary/aromatic N) is 7. The average molecular weight is 664 g/mol. The molecule has 2 amide bonds. The van der Waals surface area contributed by atoms with E-state index in [-0.39, 0.29) is 29.4 Å². The van der Waals surface area contributed by atoms with Gasteiger partial charge in [0, 0.05) is 44.2 Å². The highest BCUT2D eigenvalue weighted by Gasteiger charge is 2.37. The summed E-state index contributed by atoms with van der Waals surface area (Å²) in [4.78, 5) is 31.6. The predicted octanol–water partition coefficient (Wildman–Crippen LogP) is 3.47. The van der Waals surface area contributed by atoms with E-state index in [0.717, 1.165) is 69.0 Å². The minimum atomic E-state index is -0.340. The summed E-state index contributed by atoms with van der Waals surface area (Å²) in [6.45, 7) is 4.97. The van der Waals surface area contributed by atoms with E-state index < -0.39 is 0 Å². The second-order valence-electron chi connectivity index (χ2n) is 13.4. The van der Waals surface area contributed by atoms with E-state index in [0.29, 0.717) is 54.9 Å². The summed E-state index contributed by atoms with van der Waals surface area (Å²) in [6.07, 6.45) is 9.21. The molecule has 2 saturated heterocycles. The van der Waals surface area contributed by atoms with Crippen LogP contribution in [0.1, 0.15) is 50.0 Å². The third-order valence-corrected chi connectivity index (χ3v) is 10.6. The second-order valence-corrected chi connectivity index (χ2v) is 13.4. The van der Waals surface area contributed by atoms with Gasteiger partial charge >= 0.3 is 0 Å². The van der Waals surface area contributed by atoms with Crippen LogP contribution in [0.5, 0.6) is 11.5 Å². The first-order valence-corrected chi connectivity index (χ1v) is 17.2. The number of ether oxygens (including phenoxy) is 1. The topological polar surface area (TPSA) is 155 Å². The molecule has 4 N–H and O–H groups in total. The summed E-state index contributed by atoms with van der Waals surface area (Å²) in [5.41, 5.74) is 11.2. The molecule has 3 fully saturated rings. The van der Waals surface area contributed by atoms with Gasteiger partial charge in [-0.3, -0.25) is 19.8 Å². The zero-order chi connectivity index (χ0) is 33.5. The molecule has 2 aromatic heterocycles. The van der Waals surface area contributed by atoms with Crippen molar-refractivity contribution < 1.29 is 19.4 Å². The van der Waals surface area contributed by atoms with Crippen molar-refractivity contribution in [2.45, 2.75) is 56.5 Å². The lowest BCUT2D eigenvalue weighted by Gasteiger charge is -2.43. The smallest absolute Gasteiger partial charge is 0.249 e. The third-order valence-electron chi connectivity index (χ3n) is 10.6. The Labute approximate surface area is 284 Å². The number of nitrogens with two attached hydrogens (primary N) is 1. The Morgan fingerprint density at radius 2 is 1.71 bits per heavy atom. The zero-order valence-electron chi connectivity index (χ0n) is 27.4. The van der Waals surface area contributed by atoms with Crippen LogP contribution in [0.15, 0.2) is 60.9 Å². The van der Waals surface area contributed by atoms with Gasteiger partial charge in [0.1, 0.15) is 29.8 Å². The molecule has 1 aliphatic carbocycles. The molecule has 1 atom stereocenters. The Morgan fingerprint density at radius 3 is 2.51 bits per heavy atom. The highest BCUT2D eigenvalue weighted by Crippen LogP contribution is 2.45. The average Bonchev–Trinajstić information content (AvgIpc) is 3.62. The summed E-state index contributed by atoms with van der Waals surface area (Å²) in [5, 5.41) is 25.7. The van der Waals surface area contributed by atoms with Gasteiger partial charge in [-0.15, -0.1) is 10.2 Å². The summed E-state index contributed by atoms with van der Waals surface area (Å²) < 4.78 is 7.99. The first kappa shape index (κ1) is 31.1. The van der Waals surface area contributed by atoms with Crippen LogP contribution in [0.25, 0.3) is 16.9 Å². The van der Waals surface area contributed by atoms with E-state index in [1.165, 1.54) is 5.56 Å². The number of imide groups is 1. The van der Waals surface area contributed by atoms with Crippen LogP contribution in [-0.2, 0) is 9.59 Å². The number of aromatic hydroxyl groups is 1. The third kappa shape index (κ3) is 6.03. The van der Waals surface area contributed by atoms with Crippen LogP contribution in [0.2, 0.25) is 0 Å². The van der Waals surface area contributed by atoms with Crippen LogP contribution >= 0.6 is 0 Å². The number of aromatic nitrogens is 4. The van der Waals surface area contributed by atoms with Gasteiger partial charge in [0.25, 0.3) is 0 Å². The summed E-state index contributed by atoms with van der Waals surface area (Å²) >= 11 is 0. The molecule has 254 valence electrons. The van der Waals surface area contributed by atoms with Crippen molar-refractivity contribution in [2.24, 2.45) is 0 Å². The van der Waals surface area contributed by atoms with Gasteiger partial charge in [-0.2, -0.15) is 5.10 Å². The molecular formula is C36H41N9O4. The maximum absolute atomic E-state index is 12.7. The quantitative estimate of drug-likeness (QED) is 0.260. The number of hydrogen-bond acceptors (Lipinski definition) is 11. The lowest BCUT2D eigenvalue weighted by Crippen LogP contribution is -2.54. The number of rotatable bonds is 6. The number of carbonyl (C=O) groups excluding carboxylic acids is 2. The van der Waals surface area contributed by atoms with Gasteiger partial charge in [-0.05, 0) is 67.9 Å². The molecule has 13 nitrogen and oxygen atoms in total. The van der Waals surface area contributed by atoms with Crippen molar-refractivity contribution in [1.82, 2.24) is 30.2 Å². The van der Waals surface area contributed by atoms with Crippen molar-refractivity contribution in [3.8, 4) is 28.4 Å². The Kier molecular flexibility index (Phi) is 8.28. The fourth-order valence-corrected chi connectivity index (χ4v) is 8.02. The SMILES string of the molecule is Nc1nnc(-c2ccccc2O)cc1-n1cc(N2CCN(C3CCC(c4cccc5c4OCCN5[C@H]4CCC(=O)NC4=O)CC3)CC2)cn1. The molecule has 3 aliphatic heterocycles. The van der Waals surface area contributed by atoms with Crippen LogP contribution in [0, 0.1) is 0 Å². The van der Waals surface area contributed by atoms with E-state index >= 15 is 0 Å². The number of anilines is 3. The Bertz CT molecular complexity index is 1860.